The van der Waals surface area contributed by atoms with Crippen LogP contribution in [0, 0.1) is 0 Å². The number of hydrogen-bond acceptors (Lipinski definition) is 4. The van der Waals surface area contributed by atoms with Crippen LogP contribution in [0.2, 0.25) is 5.02 Å². The number of benzene rings is 1. The van der Waals surface area contributed by atoms with Crippen molar-refractivity contribution in [3.8, 4) is 0 Å². The average Bonchev–Trinajstić information content (AvgIpc) is 3.15. The van der Waals surface area contributed by atoms with Gasteiger partial charge in [-0.2, -0.15) is 0 Å². The third-order valence-electron chi connectivity index (χ3n) is 6.67. The SMILES string of the molecule is CN1CCN(CC2(c3ccc4[nH]c5nccc(Cl)c5c4c3)C=CC(C(N)=O)=CC2)CC1. The first kappa shape index (κ1) is 20.2. The lowest BCUT2D eigenvalue weighted by atomic mass is 9.73. The molecule has 0 spiro atoms. The van der Waals surface area contributed by atoms with Crippen LogP contribution in [0.3, 0.4) is 0 Å². The second-order valence-corrected chi connectivity index (χ2v) is 9.11. The number of pyridine rings is 1. The molecule has 2 aromatic heterocycles. The van der Waals surface area contributed by atoms with Crippen molar-refractivity contribution in [2.24, 2.45) is 5.73 Å². The van der Waals surface area contributed by atoms with Crippen molar-refractivity contribution in [3.05, 3.63) is 64.8 Å². The van der Waals surface area contributed by atoms with E-state index in [2.05, 4.69) is 51.1 Å². The predicted molar refractivity (Wildman–Crippen MR) is 125 cm³/mol. The third-order valence-corrected chi connectivity index (χ3v) is 6.99. The highest BCUT2D eigenvalue weighted by Gasteiger charge is 2.34. The lowest BCUT2D eigenvalue weighted by molar-refractivity contribution is -0.114. The van der Waals surface area contributed by atoms with Crippen LogP contribution in [0.5, 0.6) is 0 Å². The number of likely N-dealkylation sites (N-methyl/N-ethyl adjacent to an activating group) is 1. The number of amides is 1. The summed E-state index contributed by atoms with van der Waals surface area (Å²) >= 11 is 6.53. The van der Waals surface area contributed by atoms with Crippen molar-refractivity contribution < 1.29 is 4.79 Å². The minimum atomic E-state index is -0.380. The summed E-state index contributed by atoms with van der Waals surface area (Å²) < 4.78 is 0. The first-order valence-electron chi connectivity index (χ1n) is 10.6. The fraction of sp³-hybridized carbons (Fsp3) is 0.333. The highest BCUT2D eigenvalue weighted by atomic mass is 35.5. The molecule has 6 nitrogen and oxygen atoms in total. The Hall–Kier alpha value is -2.67. The second-order valence-electron chi connectivity index (χ2n) is 8.70. The number of allylic oxidation sites excluding steroid dienone is 1. The van der Waals surface area contributed by atoms with Crippen molar-refractivity contribution in [2.45, 2.75) is 11.8 Å². The van der Waals surface area contributed by atoms with E-state index < -0.39 is 0 Å². The minimum absolute atomic E-state index is 0.235. The molecule has 1 atom stereocenters. The summed E-state index contributed by atoms with van der Waals surface area (Å²) in [5, 5.41) is 2.71. The molecule has 0 saturated carbocycles. The first-order valence-corrected chi connectivity index (χ1v) is 11.0. The van der Waals surface area contributed by atoms with Gasteiger partial charge in [0, 0.05) is 66.2 Å². The molecule has 5 rings (SSSR count). The Kier molecular flexibility index (Phi) is 5.08. The van der Waals surface area contributed by atoms with Crippen molar-refractivity contribution >= 4 is 39.4 Å². The standard InChI is InChI=1S/C24H26ClN5O/c1-29-10-12-30(13-11-29)15-24(7-4-16(5-8-24)22(26)31)17-2-3-20-18(14-17)21-19(25)6-9-27-23(21)28-20/h2-7,9,14H,8,10-13,15H2,1H3,(H2,26,31)(H,27,28). The molecule has 31 heavy (non-hydrogen) atoms. The van der Waals surface area contributed by atoms with Crippen LogP contribution in [0.1, 0.15) is 12.0 Å². The maximum Gasteiger partial charge on any atom is 0.248 e. The van der Waals surface area contributed by atoms with Crippen LogP contribution < -0.4 is 5.73 Å². The molecule has 1 aromatic carbocycles. The zero-order chi connectivity index (χ0) is 21.6. The quantitative estimate of drug-likeness (QED) is 0.659. The molecule has 1 aliphatic carbocycles. The smallest absolute Gasteiger partial charge is 0.248 e. The summed E-state index contributed by atoms with van der Waals surface area (Å²) in [7, 11) is 2.16. The number of halogens is 1. The van der Waals surface area contributed by atoms with Crippen molar-refractivity contribution in [1.29, 1.82) is 0 Å². The Morgan fingerprint density at radius 3 is 2.77 bits per heavy atom. The molecule has 1 amide bonds. The zero-order valence-electron chi connectivity index (χ0n) is 17.6. The number of nitrogens with one attached hydrogen (secondary N) is 1. The van der Waals surface area contributed by atoms with Crippen LogP contribution in [-0.2, 0) is 10.2 Å². The Bertz CT molecular complexity index is 1220. The third kappa shape index (κ3) is 3.65. The van der Waals surface area contributed by atoms with Gasteiger partial charge in [0.15, 0.2) is 0 Å². The fourth-order valence-corrected chi connectivity index (χ4v) is 5.02. The van der Waals surface area contributed by atoms with E-state index >= 15 is 0 Å². The van der Waals surface area contributed by atoms with Gasteiger partial charge in [-0.15, -0.1) is 0 Å². The highest BCUT2D eigenvalue weighted by Crippen LogP contribution is 2.39. The van der Waals surface area contributed by atoms with Gasteiger partial charge in [0.25, 0.3) is 0 Å². The van der Waals surface area contributed by atoms with E-state index in [9.17, 15) is 4.79 Å². The van der Waals surface area contributed by atoms with E-state index in [4.69, 9.17) is 17.3 Å². The van der Waals surface area contributed by atoms with Crippen molar-refractivity contribution in [2.75, 3.05) is 39.8 Å². The normalized spacial score (nSPS) is 22.8. The number of aromatic nitrogens is 2. The maximum atomic E-state index is 11.7. The summed E-state index contributed by atoms with van der Waals surface area (Å²) in [5.41, 5.74) is 8.89. The number of nitrogens with zero attached hydrogens (tertiary/aromatic N) is 3. The molecule has 0 bridgehead atoms. The van der Waals surface area contributed by atoms with Crippen LogP contribution in [0.15, 0.2) is 54.3 Å². The minimum Gasteiger partial charge on any atom is -0.366 e. The molecule has 3 aromatic rings. The van der Waals surface area contributed by atoms with Crippen molar-refractivity contribution in [1.82, 2.24) is 19.8 Å². The number of fused-ring (bicyclic) bond motifs is 3. The Balaban J connectivity index is 1.59. The van der Waals surface area contributed by atoms with Gasteiger partial charge in [-0.3, -0.25) is 9.69 Å². The summed E-state index contributed by atoms with van der Waals surface area (Å²) in [6.45, 7) is 5.07. The number of aromatic amines is 1. The topological polar surface area (TPSA) is 78.2 Å². The molecular formula is C24H26ClN5O. The molecule has 1 saturated heterocycles. The molecule has 0 radical (unpaired) electrons. The summed E-state index contributed by atoms with van der Waals surface area (Å²) in [5.74, 6) is -0.380. The van der Waals surface area contributed by atoms with Gasteiger partial charge in [-0.05, 0) is 37.2 Å². The Labute approximate surface area is 186 Å². The van der Waals surface area contributed by atoms with E-state index in [-0.39, 0.29) is 11.3 Å². The molecule has 3 N–H and O–H groups in total. The lowest BCUT2D eigenvalue weighted by Gasteiger charge is -2.41. The van der Waals surface area contributed by atoms with Gasteiger partial charge in [0.05, 0.1) is 5.02 Å². The van der Waals surface area contributed by atoms with Crippen LogP contribution in [0.25, 0.3) is 21.9 Å². The van der Waals surface area contributed by atoms with E-state index in [1.54, 1.807) is 6.20 Å². The molecule has 160 valence electrons. The number of nitrogens with two attached hydrogens (primary N) is 1. The number of primary amides is 1. The molecule has 3 heterocycles. The lowest BCUT2D eigenvalue weighted by Crippen LogP contribution is -2.49. The van der Waals surface area contributed by atoms with E-state index in [0.717, 1.165) is 61.1 Å². The number of carbonyl (C=O) groups excluding carboxylic acids is 1. The summed E-state index contributed by atoms with van der Waals surface area (Å²) in [4.78, 5) is 24.4. The zero-order valence-corrected chi connectivity index (χ0v) is 18.3. The van der Waals surface area contributed by atoms with Gasteiger partial charge in [0.1, 0.15) is 5.65 Å². The van der Waals surface area contributed by atoms with E-state index in [1.807, 2.05) is 18.2 Å². The average molecular weight is 436 g/mol. The largest absolute Gasteiger partial charge is 0.366 e. The number of piperazine rings is 1. The second kappa shape index (κ2) is 7.79. The molecular weight excluding hydrogens is 410 g/mol. The van der Waals surface area contributed by atoms with Crippen molar-refractivity contribution in [3.63, 3.8) is 0 Å². The Morgan fingerprint density at radius 1 is 1.26 bits per heavy atom. The molecule has 7 heteroatoms. The number of carbonyl (C=O) groups is 1. The monoisotopic (exact) mass is 435 g/mol. The maximum absolute atomic E-state index is 11.7. The van der Waals surface area contributed by atoms with Crippen LogP contribution in [-0.4, -0.2) is 65.4 Å². The molecule has 1 unspecified atom stereocenters. The number of rotatable bonds is 4. The molecule has 2 aliphatic rings. The fourth-order valence-electron chi connectivity index (χ4n) is 4.77. The van der Waals surface area contributed by atoms with E-state index in [0.29, 0.717) is 10.6 Å². The molecule has 1 fully saturated rings. The summed E-state index contributed by atoms with van der Waals surface area (Å²) in [6.07, 6.45) is 8.48. The van der Waals surface area contributed by atoms with E-state index in [1.165, 1.54) is 5.56 Å². The van der Waals surface area contributed by atoms with Gasteiger partial charge >= 0.3 is 0 Å². The van der Waals surface area contributed by atoms with Gasteiger partial charge in [-0.1, -0.05) is 35.9 Å². The first-order chi connectivity index (χ1) is 14.9. The predicted octanol–water partition coefficient (Wildman–Crippen LogP) is 3.23. The molecule has 1 aliphatic heterocycles. The van der Waals surface area contributed by atoms with Crippen LogP contribution in [0.4, 0.5) is 0 Å². The summed E-state index contributed by atoms with van der Waals surface area (Å²) in [6, 6.07) is 8.34. The van der Waals surface area contributed by atoms with Crippen LogP contribution >= 0.6 is 11.6 Å². The highest BCUT2D eigenvalue weighted by molar-refractivity contribution is 6.37. The number of hydrogen-bond donors (Lipinski definition) is 2. The van der Waals surface area contributed by atoms with Gasteiger partial charge < -0.3 is 15.6 Å². The Morgan fingerprint density at radius 2 is 2.06 bits per heavy atom. The van der Waals surface area contributed by atoms with Gasteiger partial charge in [-0.25, -0.2) is 4.98 Å². The van der Waals surface area contributed by atoms with Gasteiger partial charge in [0.2, 0.25) is 5.91 Å². The number of H-pyrrole nitrogens is 1.